The number of rotatable bonds is 4. The zero-order valence-electron chi connectivity index (χ0n) is 14.8. The van der Waals surface area contributed by atoms with Crippen molar-refractivity contribution in [3.05, 3.63) is 58.6 Å². The lowest BCUT2D eigenvalue weighted by molar-refractivity contribution is -0.120. The molecule has 3 rings (SSSR count). The second-order valence-corrected chi connectivity index (χ2v) is 6.29. The van der Waals surface area contributed by atoms with Gasteiger partial charge in [0.2, 0.25) is 11.9 Å². The van der Waals surface area contributed by atoms with Crippen LogP contribution in [0.15, 0.2) is 47.5 Å². The minimum atomic E-state index is -0.442. The van der Waals surface area contributed by atoms with Gasteiger partial charge in [-0.25, -0.2) is 4.99 Å². The molecule has 7 nitrogen and oxygen atoms in total. The highest BCUT2D eigenvalue weighted by Crippen LogP contribution is 2.25. The molecule has 0 saturated carbocycles. The summed E-state index contributed by atoms with van der Waals surface area (Å²) in [5.74, 6) is 0.380. The summed E-state index contributed by atoms with van der Waals surface area (Å²) in [5.41, 5.74) is 1.15. The summed E-state index contributed by atoms with van der Waals surface area (Å²) < 4.78 is 10.3. The lowest BCUT2D eigenvalue weighted by atomic mass is 10.0. The normalized spacial score (nSPS) is 16.2. The number of hydrogen-bond donors (Lipinski definition) is 2. The second-order valence-electron chi connectivity index (χ2n) is 5.85. The van der Waals surface area contributed by atoms with Crippen molar-refractivity contribution in [2.75, 3.05) is 14.2 Å². The van der Waals surface area contributed by atoms with E-state index < -0.39 is 11.9 Å². The molecule has 0 aromatic heterocycles. The average molecular weight is 388 g/mol. The monoisotopic (exact) mass is 387 g/mol. The molecule has 0 spiro atoms. The van der Waals surface area contributed by atoms with E-state index in [1.54, 1.807) is 30.3 Å². The van der Waals surface area contributed by atoms with Gasteiger partial charge in [0.15, 0.2) is 0 Å². The van der Waals surface area contributed by atoms with E-state index in [1.165, 1.54) is 14.2 Å². The standard InChI is InChI=1S/C19H18ClN3O4/c1-26-14-7-12(8-15(9-14)27-2)18(25)23-19-21-16(10-17(24)22-19)11-3-5-13(20)6-4-11/h3-9,16H,10H2,1-2H3,(H2,21,22,23,24,25)/t16-/m1/s1. The van der Waals surface area contributed by atoms with E-state index in [2.05, 4.69) is 15.6 Å². The fraction of sp³-hybridized carbons (Fsp3) is 0.211. The number of guanidine groups is 1. The third-order valence-electron chi connectivity index (χ3n) is 4.02. The van der Waals surface area contributed by atoms with Crippen molar-refractivity contribution in [2.45, 2.75) is 12.5 Å². The van der Waals surface area contributed by atoms with E-state index in [9.17, 15) is 9.59 Å². The lowest BCUT2D eigenvalue weighted by Crippen LogP contribution is -2.47. The summed E-state index contributed by atoms with van der Waals surface area (Å²) >= 11 is 5.90. The van der Waals surface area contributed by atoms with Crippen LogP contribution in [0.1, 0.15) is 28.4 Å². The number of aliphatic imine (C=N–C) groups is 1. The number of methoxy groups -OCH3 is 2. The van der Waals surface area contributed by atoms with Crippen molar-refractivity contribution in [3.63, 3.8) is 0 Å². The van der Waals surface area contributed by atoms with E-state index in [4.69, 9.17) is 21.1 Å². The van der Waals surface area contributed by atoms with Gasteiger partial charge in [-0.1, -0.05) is 23.7 Å². The number of amides is 2. The molecule has 1 heterocycles. The Labute approximate surface area is 161 Å². The lowest BCUT2D eigenvalue weighted by Gasteiger charge is -2.21. The number of carbonyl (C=O) groups excluding carboxylic acids is 2. The molecule has 27 heavy (non-hydrogen) atoms. The van der Waals surface area contributed by atoms with Crippen molar-refractivity contribution in [3.8, 4) is 11.5 Å². The van der Waals surface area contributed by atoms with Crippen LogP contribution in [0.3, 0.4) is 0 Å². The van der Waals surface area contributed by atoms with Gasteiger partial charge in [0.1, 0.15) is 11.5 Å². The van der Waals surface area contributed by atoms with Crippen LogP contribution >= 0.6 is 11.6 Å². The first-order chi connectivity index (χ1) is 13.0. The van der Waals surface area contributed by atoms with Gasteiger partial charge >= 0.3 is 0 Å². The predicted molar refractivity (Wildman–Crippen MR) is 101 cm³/mol. The number of ether oxygens (including phenoxy) is 2. The van der Waals surface area contributed by atoms with Gasteiger partial charge in [0, 0.05) is 16.7 Å². The molecule has 2 aromatic carbocycles. The van der Waals surface area contributed by atoms with Gasteiger partial charge in [-0.15, -0.1) is 0 Å². The molecule has 2 amide bonds. The third kappa shape index (κ3) is 4.57. The van der Waals surface area contributed by atoms with Gasteiger partial charge in [-0.05, 0) is 29.8 Å². The molecular weight excluding hydrogens is 370 g/mol. The van der Waals surface area contributed by atoms with Crippen LogP contribution < -0.4 is 20.1 Å². The van der Waals surface area contributed by atoms with Crippen LogP contribution in [0.5, 0.6) is 11.5 Å². The first kappa shape index (κ1) is 18.7. The van der Waals surface area contributed by atoms with Crippen molar-refractivity contribution >= 4 is 29.4 Å². The van der Waals surface area contributed by atoms with Gasteiger partial charge in [-0.2, -0.15) is 0 Å². The summed E-state index contributed by atoms with van der Waals surface area (Å²) in [7, 11) is 3.00. The molecule has 140 valence electrons. The van der Waals surface area contributed by atoms with Crippen molar-refractivity contribution in [1.29, 1.82) is 0 Å². The van der Waals surface area contributed by atoms with Gasteiger partial charge in [-0.3, -0.25) is 20.2 Å². The van der Waals surface area contributed by atoms with E-state index in [1.807, 2.05) is 12.1 Å². The maximum atomic E-state index is 12.6. The molecule has 0 bridgehead atoms. The molecule has 2 aromatic rings. The number of benzene rings is 2. The highest BCUT2D eigenvalue weighted by atomic mass is 35.5. The number of nitrogens with zero attached hydrogens (tertiary/aromatic N) is 1. The number of halogens is 1. The van der Waals surface area contributed by atoms with E-state index in [0.717, 1.165) is 5.56 Å². The Morgan fingerprint density at radius 3 is 2.37 bits per heavy atom. The Morgan fingerprint density at radius 2 is 1.78 bits per heavy atom. The summed E-state index contributed by atoms with van der Waals surface area (Å²) in [4.78, 5) is 29.0. The summed E-state index contributed by atoms with van der Waals surface area (Å²) in [6, 6.07) is 11.5. The predicted octanol–water partition coefficient (Wildman–Crippen LogP) is 2.70. The molecule has 0 unspecified atom stereocenters. The Balaban J connectivity index is 1.82. The van der Waals surface area contributed by atoms with Crippen LogP contribution in [0.25, 0.3) is 0 Å². The first-order valence-electron chi connectivity index (χ1n) is 8.16. The maximum absolute atomic E-state index is 12.6. The highest BCUT2D eigenvalue weighted by molar-refractivity contribution is 6.30. The Morgan fingerprint density at radius 1 is 1.15 bits per heavy atom. The third-order valence-corrected chi connectivity index (χ3v) is 4.27. The fourth-order valence-electron chi connectivity index (χ4n) is 2.65. The molecule has 1 aliphatic rings. The smallest absolute Gasteiger partial charge is 0.258 e. The molecule has 0 fully saturated rings. The van der Waals surface area contributed by atoms with Crippen LogP contribution in [-0.2, 0) is 4.79 Å². The fourth-order valence-corrected chi connectivity index (χ4v) is 2.78. The van der Waals surface area contributed by atoms with Gasteiger partial charge in [0.25, 0.3) is 5.91 Å². The molecule has 1 aliphatic heterocycles. The molecule has 0 radical (unpaired) electrons. The maximum Gasteiger partial charge on any atom is 0.258 e. The summed E-state index contributed by atoms with van der Waals surface area (Å²) in [6.45, 7) is 0. The topological polar surface area (TPSA) is 89.0 Å². The largest absolute Gasteiger partial charge is 0.497 e. The highest BCUT2D eigenvalue weighted by Gasteiger charge is 2.24. The molecular formula is C19H18ClN3O4. The van der Waals surface area contributed by atoms with E-state index in [-0.39, 0.29) is 18.3 Å². The Kier molecular flexibility index (Phi) is 5.61. The van der Waals surface area contributed by atoms with Crippen LogP contribution in [0, 0.1) is 0 Å². The van der Waals surface area contributed by atoms with Crippen molar-refractivity contribution in [2.24, 2.45) is 4.99 Å². The Hall–Kier alpha value is -3.06. The quantitative estimate of drug-likeness (QED) is 0.844. The molecule has 0 saturated heterocycles. The van der Waals surface area contributed by atoms with Gasteiger partial charge < -0.3 is 9.47 Å². The minimum Gasteiger partial charge on any atom is -0.497 e. The van der Waals surface area contributed by atoms with E-state index in [0.29, 0.717) is 22.1 Å². The zero-order valence-corrected chi connectivity index (χ0v) is 15.5. The van der Waals surface area contributed by atoms with Crippen molar-refractivity contribution < 1.29 is 19.1 Å². The number of nitrogens with one attached hydrogen (secondary N) is 2. The van der Waals surface area contributed by atoms with Gasteiger partial charge in [0.05, 0.1) is 26.7 Å². The van der Waals surface area contributed by atoms with Crippen LogP contribution in [-0.4, -0.2) is 32.0 Å². The summed E-state index contributed by atoms with van der Waals surface area (Å²) in [5, 5.41) is 5.80. The van der Waals surface area contributed by atoms with E-state index >= 15 is 0 Å². The number of hydrogen-bond acceptors (Lipinski definition) is 5. The van der Waals surface area contributed by atoms with Crippen molar-refractivity contribution in [1.82, 2.24) is 10.6 Å². The van der Waals surface area contributed by atoms with Crippen LogP contribution in [0.2, 0.25) is 5.02 Å². The summed E-state index contributed by atoms with van der Waals surface area (Å²) in [6.07, 6.45) is 0.188. The zero-order chi connectivity index (χ0) is 19.4. The van der Waals surface area contributed by atoms with Crippen LogP contribution in [0.4, 0.5) is 0 Å². The molecule has 8 heteroatoms. The molecule has 1 atom stereocenters. The minimum absolute atomic E-state index is 0.0954. The molecule has 2 N–H and O–H groups in total. The average Bonchev–Trinajstić information content (AvgIpc) is 2.67. The SMILES string of the molecule is COc1cc(OC)cc(C(=O)NC2=N[C@@H](c3ccc(Cl)cc3)CC(=O)N2)c1. The Bertz CT molecular complexity index is 874. The first-order valence-corrected chi connectivity index (χ1v) is 8.54. The number of carbonyl (C=O) groups is 2. The second kappa shape index (κ2) is 8.09. The molecule has 0 aliphatic carbocycles.